The number of rotatable bonds is 3. The molecule has 0 radical (unpaired) electrons. The van der Waals surface area contributed by atoms with E-state index in [0.717, 1.165) is 32.6 Å². The Labute approximate surface area is 156 Å². The van der Waals surface area contributed by atoms with Gasteiger partial charge in [-0.3, -0.25) is 9.69 Å². The molecular formula is C21H21FN2OS. The Balaban J connectivity index is 1.51. The van der Waals surface area contributed by atoms with Gasteiger partial charge in [-0.25, -0.2) is 4.39 Å². The minimum absolute atomic E-state index is 0.00131. The van der Waals surface area contributed by atoms with Crippen molar-refractivity contribution >= 4 is 28.0 Å². The summed E-state index contributed by atoms with van der Waals surface area (Å²) >= 11 is 1.72. The zero-order chi connectivity index (χ0) is 17.9. The molecule has 0 saturated carbocycles. The Bertz CT molecular complexity index is 910. The molecular weight excluding hydrogens is 347 g/mol. The van der Waals surface area contributed by atoms with Crippen molar-refractivity contribution in [3.05, 3.63) is 70.2 Å². The minimum atomic E-state index is -0.282. The Morgan fingerprint density at radius 3 is 2.65 bits per heavy atom. The normalized spacial score (nSPS) is 16.0. The molecule has 5 heteroatoms. The first-order valence-corrected chi connectivity index (χ1v) is 9.86. The molecule has 0 bridgehead atoms. The second-order valence-electron chi connectivity index (χ2n) is 6.69. The summed E-state index contributed by atoms with van der Waals surface area (Å²) in [6.45, 7) is 4.23. The Hall–Kier alpha value is -2.24. The fraction of sp³-hybridized carbons (Fsp3) is 0.286. The summed E-state index contributed by atoms with van der Waals surface area (Å²) in [5, 5.41) is 5.48. The average Bonchev–Trinajstić information content (AvgIpc) is 3.06. The molecule has 134 valence electrons. The van der Waals surface area contributed by atoms with Gasteiger partial charge in [-0.05, 0) is 46.3 Å². The fourth-order valence-electron chi connectivity index (χ4n) is 3.59. The van der Waals surface area contributed by atoms with E-state index in [1.54, 1.807) is 29.5 Å². The van der Waals surface area contributed by atoms with Crippen LogP contribution in [0, 0.1) is 5.82 Å². The zero-order valence-electron chi connectivity index (χ0n) is 14.5. The molecule has 1 saturated heterocycles. The minimum Gasteiger partial charge on any atom is -0.337 e. The number of hydrogen-bond acceptors (Lipinski definition) is 3. The highest BCUT2D eigenvalue weighted by atomic mass is 32.1. The highest BCUT2D eigenvalue weighted by molar-refractivity contribution is 7.07. The monoisotopic (exact) mass is 368 g/mol. The summed E-state index contributed by atoms with van der Waals surface area (Å²) in [7, 11) is 0. The van der Waals surface area contributed by atoms with Crippen LogP contribution in [0.2, 0.25) is 0 Å². The number of fused-ring (bicyclic) bond motifs is 1. The van der Waals surface area contributed by atoms with Crippen molar-refractivity contribution in [3.63, 3.8) is 0 Å². The van der Waals surface area contributed by atoms with Crippen LogP contribution in [-0.4, -0.2) is 41.9 Å². The van der Waals surface area contributed by atoms with Crippen molar-refractivity contribution in [3.8, 4) is 0 Å². The van der Waals surface area contributed by atoms with Crippen molar-refractivity contribution in [1.82, 2.24) is 9.80 Å². The van der Waals surface area contributed by atoms with Gasteiger partial charge in [-0.1, -0.05) is 24.3 Å². The fourth-order valence-corrected chi connectivity index (χ4v) is 4.25. The number of thiophene rings is 1. The van der Waals surface area contributed by atoms with E-state index in [-0.39, 0.29) is 11.7 Å². The van der Waals surface area contributed by atoms with Gasteiger partial charge in [0.1, 0.15) is 5.82 Å². The molecule has 3 aromatic rings. The Morgan fingerprint density at radius 2 is 1.85 bits per heavy atom. The second-order valence-corrected chi connectivity index (χ2v) is 7.47. The van der Waals surface area contributed by atoms with Crippen LogP contribution < -0.4 is 0 Å². The van der Waals surface area contributed by atoms with Gasteiger partial charge >= 0.3 is 0 Å². The van der Waals surface area contributed by atoms with Crippen LogP contribution in [0.25, 0.3) is 10.8 Å². The predicted molar refractivity (Wildman–Crippen MR) is 104 cm³/mol. The number of amides is 1. The summed E-state index contributed by atoms with van der Waals surface area (Å²) in [6, 6.07) is 12.4. The molecule has 1 aliphatic heterocycles. The van der Waals surface area contributed by atoms with E-state index in [4.69, 9.17) is 0 Å². The van der Waals surface area contributed by atoms with Crippen molar-refractivity contribution in [1.29, 1.82) is 0 Å². The lowest BCUT2D eigenvalue weighted by Crippen LogP contribution is -2.35. The molecule has 4 rings (SSSR count). The van der Waals surface area contributed by atoms with Crippen molar-refractivity contribution in [2.75, 3.05) is 26.2 Å². The largest absolute Gasteiger partial charge is 0.337 e. The first kappa shape index (κ1) is 17.2. The molecule has 0 atom stereocenters. The van der Waals surface area contributed by atoms with Gasteiger partial charge in [-0.2, -0.15) is 11.3 Å². The van der Waals surface area contributed by atoms with Gasteiger partial charge < -0.3 is 4.90 Å². The molecule has 1 aliphatic rings. The molecule has 0 spiro atoms. The molecule has 3 nitrogen and oxygen atoms in total. The van der Waals surface area contributed by atoms with Crippen LogP contribution in [0.5, 0.6) is 0 Å². The molecule has 1 aromatic heterocycles. The van der Waals surface area contributed by atoms with Crippen molar-refractivity contribution < 1.29 is 9.18 Å². The van der Waals surface area contributed by atoms with Gasteiger partial charge in [0.15, 0.2) is 0 Å². The summed E-state index contributed by atoms with van der Waals surface area (Å²) in [4.78, 5) is 17.4. The van der Waals surface area contributed by atoms with Crippen LogP contribution in [0.15, 0.2) is 53.2 Å². The van der Waals surface area contributed by atoms with Crippen LogP contribution >= 0.6 is 11.3 Å². The molecule has 0 N–H and O–H groups in total. The van der Waals surface area contributed by atoms with E-state index in [2.05, 4.69) is 21.7 Å². The third-order valence-electron chi connectivity index (χ3n) is 4.96. The van der Waals surface area contributed by atoms with Gasteiger partial charge in [0.25, 0.3) is 5.91 Å². The zero-order valence-corrected chi connectivity index (χ0v) is 15.3. The first-order valence-electron chi connectivity index (χ1n) is 8.92. The number of carbonyl (C=O) groups excluding carboxylic acids is 1. The molecule has 26 heavy (non-hydrogen) atoms. The smallest absolute Gasteiger partial charge is 0.254 e. The third-order valence-corrected chi connectivity index (χ3v) is 5.70. The van der Waals surface area contributed by atoms with E-state index in [1.807, 2.05) is 17.0 Å². The number of carbonyl (C=O) groups is 1. The van der Waals surface area contributed by atoms with Crippen LogP contribution in [0.1, 0.15) is 22.3 Å². The summed E-state index contributed by atoms with van der Waals surface area (Å²) in [6.07, 6.45) is 0.953. The standard InChI is InChI=1S/C21H21FN2OS/c22-20-7-6-19(17-4-1-2-5-18(17)20)21(25)24-10-3-9-23(11-12-24)14-16-8-13-26-15-16/h1-2,4-8,13,15H,3,9-12,14H2. The lowest BCUT2D eigenvalue weighted by Gasteiger charge is -2.22. The van der Waals surface area contributed by atoms with Crippen molar-refractivity contribution in [2.24, 2.45) is 0 Å². The van der Waals surface area contributed by atoms with E-state index < -0.39 is 0 Å². The predicted octanol–water partition coefficient (Wildman–Crippen LogP) is 4.39. The maximum absolute atomic E-state index is 14.0. The van der Waals surface area contributed by atoms with Crippen molar-refractivity contribution in [2.45, 2.75) is 13.0 Å². The molecule has 1 amide bonds. The van der Waals surface area contributed by atoms with Crippen LogP contribution in [-0.2, 0) is 6.54 Å². The summed E-state index contributed by atoms with van der Waals surface area (Å²) in [5.74, 6) is -0.284. The topological polar surface area (TPSA) is 23.6 Å². The van der Waals surface area contributed by atoms with Gasteiger partial charge in [0.05, 0.1) is 0 Å². The molecule has 2 heterocycles. The Kier molecular flexibility index (Phi) is 5.00. The number of nitrogens with zero attached hydrogens (tertiary/aromatic N) is 2. The second kappa shape index (κ2) is 7.56. The number of hydrogen-bond donors (Lipinski definition) is 0. The molecule has 0 aliphatic carbocycles. The summed E-state index contributed by atoms with van der Waals surface area (Å²) in [5.41, 5.74) is 1.92. The lowest BCUT2D eigenvalue weighted by molar-refractivity contribution is 0.0763. The maximum Gasteiger partial charge on any atom is 0.254 e. The molecule has 2 aromatic carbocycles. The number of benzene rings is 2. The first-order chi connectivity index (χ1) is 12.7. The van der Waals surface area contributed by atoms with E-state index in [9.17, 15) is 9.18 Å². The summed E-state index contributed by atoms with van der Waals surface area (Å²) < 4.78 is 14.0. The quantitative estimate of drug-likeness (QED) is 0.685. The molecule has 0 unspecified atom stereocenters. The van der Waals surface area contributed by atoms with Gasteiger partial charge in [0, 0.05) is 43.7 Å². The molecule has 1 fully saturated rings. The lowest BCUT2D eigenvalue weighted by atomic mass is 10.0. The van der Waals surface area contributed by atoms with E-state index in [1.165, 1.54) is 11.6 Å². The average molecular weight is 368 g/mol. The van der Waals surface area contributed by atoms with Gasteiger partial charge in [0.2, 0.25) is 0 Å². The maximum atomic E-state index is 14.0. The number of halogens is 1. The Morgan fingerprint density at radius 1 is 1.00 bits per heavy atom. The van der Waals surface area contributed by atoms with Gasteiger partial charge in [-0.15, -0.1) is 0 Å². The highest BCUT2D eigenvalue weighted by Gasteiger charge is 2.22. The highest BCUT2D eigenvalue weighted by Crippen LogP contribution is 2.23. The SMILES string of the molecule is O=C(c1ccc(F)c2ccccc12)N1CCCN(Cc2ccsc2)CC1. The van der Waals surface area contributed by atoms with Crippen LogP contribution in [0.3, 0.4) is 0 Å². The van der Waals surface area contributed by atoms with Crippen LogP contribution in [0.4, 0.5) is 4.39 Å². The third kappa shape index (κ3) is 3.50. The van der Waals surface area contributed by atoms with E-state index >= 15 is 0 Å². The van der Waals surface area contributed by atoms with E-state index in [0.29, 0.717) is 22.9 Å².